The Balaban J connectivity index is 0.000000233. The van der Waals surface area contributed by atoms with Gasteiger partial charge in [0, 0.05) is 50.2 Å². The maximum Gasteiger partial charge on any atom is 0.0499 e. The molecule has 0 aliphatic carbocycles. The summed E-state index contributed by atoms with van der Waals surface area (Å²) in [5.41, 5.74) is 5.06. The molecule has 0 saturated heterocycles. The van der Waals surface area contributed by atoms with Crippen LogP contribution in [0.15, 0.2) is 97.1 Å². The molecule has 1 N–H and O–H groups in total. The first-order chi connectivity index (χ1) is 14.9. The van der Waals surface area contributed by atoms with E-state index in [2.05, 4.69) is 77.1 Å². The molecule has 6 rings (SSSR count). The zero-order valence-electron chi connectivity index (χ0n) is 17.9. The number of nitrogens with one attached hydrogen (secondary N) is 1. The molecule has 0 bridgehead atoms. The highest BCUT2D eigenvalue weighted by molar-refractivity contribution is 6.17. The van der Waals surface area contributed by atoms with Crippen LogP contribution >= 0.6 is 0 Å². The lowest BCUT2D eigenvalue weighted by Crippen LogP contribution is -1.92. The number of hydrogen-bond acceptors (Lipinski definition) is 0. The van der Waals surface area contributed by atoms with Gasteiger partial charge in [0.2, 0.25) is 0 Å². The molecular weight excluding hydrogens is 364 g/mol. The second-order valence-electron chi connectivity index (χ2n) is 7.00. The number of fused-ring (bicyclic) bond motifs is 6. The van der Waals surface area contributed by atoms with E-state index >= 15 is 0 Å². The summed E-state index contributed by atoms with van der Waals surface area (Å²) in [5, 5.41) is 5.27. The number of aromatic amines is 1. The quantitative estimate of drug-likeness (QED) is 0.291. The number of H-pyrrole nitrogens is 1. The van der Waals surface area contributed by atoms with Crippen LogP contribution in [-0.2, 0) is 6.54 Å². The minimum Gasteiger partial charge on any atom is -0.354 e. The van der Waals surface area contributed by atoms with E-state index < -0.39 is 0 Å². The van der Waals surface area contributed by atoms with E-state index in [0.29, 0.717) is 0 Å². The molecule has 2 heteroatoms. The second kappa shape index (κ2) is 8.87. The summed E-state index contributed by atoms with van der Waals surface area (Å²) in [5.74, 6) is 0. The number of hydrogen-bond donors (Lipinski definition) is 1. The molecule has 4 aromatic carbocycles. The molecule has 0 amide bonds. The molecule has 0 atom stereocenters. The van der Waals surface area contributed by atoms with Gasteiger partial charge >= 0.3 is 0 Å². The highest BCUT2D eigenvalue weighted by Gasteiger charge is 2.12. The summed E-state index contributed by atoms with van der Waals surface area (Å²) < 4.78 is 2.41. The van der Waals surface area contributed by atoms with Crippen LogP contribution in [0, 0.1) is 0 Å². The van der Waals surface area contributed by atoms with Crippen molar-refractivity contribution in [3.8, 4) is 0 Å². The van der Waals surface area contributed by atoms with Gasteiger partial charge in [-0.3, -0.25) is 0 Å². The van der Waals surface area contributed by atoms with Crippen LogP contribution in [0.2, 0.25) is 0 Å². The van der Waals surface area contributed by atoms with E-state index in [1.54, 1.807) is 0 Å². The van der Waals surface area contributed by atoms with Gasteiger partial charge in [0.15, 0.2) is 0 Å². The van der Waals surface area contributed by atoms with Gasteiger partial charge in [-0.1, -0.05) is 86.6 Å². The Kier molecular flexibility index (Phi) is 5.85. The van der Waals surface area contributed by atoms with Crippen LogP contribution < -0.4 is 0 Å². The summed E-state index contributed by atoms with van der Waals surface area (Å²) in [6.45, 7) is 7.20. The van der Waals surface area contributed by atoms with Crippen molar-refractivity contribution >= 4 is 43.6 Å². The van der Waals surface area contributed by atoms with Crippen molar-refractivity contribution in [2.75, 3.05) is 0 Å². The molecule has 0 spiro atoms. The Labute approximate surface area is 177 Å². The Hall–Kier alpha value is -3.52. The van der Waals surface area contributed by atoms with E-state index in [-0.39, 0.29) is 0 Å². The first kappa shape index (κ1) is 19.8. The Morgan fingerprint density at radius 1 is 0.567 bits per heavy atom. The second-order valence-corrected chi connectivity index (χ2v) is 7.00. The predicted octanol–water partition coefficient (Wildman–Crippen LogP) is 8.16. The van der Waals surface area contributed by atoms with Crippen LogP contribution in [0.3, 0.4) is 0 Å². The zero-order chi connectivity index (χ0) is 20.9. The number of rotatable bonds is 1. The largest absolute Gasteiger partial charge is 0.354 e. The van der Waals surface area contributed by atoms with E-state index in [4.69, 9.17) is 0 Å². The molecule has 6 aromatic rings. The fraction of sp³-hybridized carbons (Fsp3) is 0.143. The van der Waals surface area contributed by atoms with Crippen LogP contribution in [0.5, 0.6) is 0 Å². The summed E-state index contributed by atoms with van der Waals surface area (Å²) in [6, 6.07) is 33.8. The van der Waals surface area contributed by atoms with E-state index in [1.165, 1.54) is 43.6 Å². The topological polar surface area (TPSA) is 20.7 Å². The van der Waals surface area contributed by atoms with Crippen LogP contribution in [0.4, 0.5) is 0 Å². The van der Waals surface area contributed by atoms with Crippen molar-refractivity contribution in [2.45, 2.75) is 27.3 Å². The molecule has 2 heterocycles. The number of benzene rings is 4. The van der Waals surface area contributed by atoms with E-state index in [1.807, 2.05) is 50.2 Å². The lowest BCUT2D eigenvalue weighted by molar-refractivity contribution is 0.827. The third kappa shape index (κ3) is 3.46. The summed E-state index contributed by atoms with van der Waals surface area (Å²) in [4.78, 5) is 3.55. The van der Waals surface area contributed by atoms with Gasteiger partial charge in [0.25, 0.3) is 0 Å². The van der Waals surface area contributed by atoms with Crippen molar-refractivity contribution in [1.29, 1.82) is 0 Å². The van der Waals surface area contributed by atoms with Gasteiger partial charge in [-0.15, -0.1) is 0 Å². The molecule has 0 fully saturated rings. The molecule has 150 valence electrons. The predicted molar refractivity (Wildman–Crippen MR) is 132 cm³/mol. The monoisotopic (exact) mass is 392 g/mol. The van der Waals surface area contributed by atoms with Gasteiger partial charge in [-0.25, -0.2) is 0 Å². The minimum atomic E-state index is 0.984. The smallest absolute Gasteiger partial charge is 0.0499 e. The molecule has 0 aliphatic rings. The number of aromatic nitrogens is 2. The molecule has 2 aromatic heterocycles. The third-order valence-electron chi connectivity index (χ3n) is 5.38. The molecular formula is C28H28N2. The maximum atomic E-state index is 3.55. The van der Waals surface area contributed by atoms with Crippen molar-refractivity contribution in [1.82, 2.24) is 9.55 Å². The maximum absolute atomic E-state index is 3.55. The van der Waals surface area contributed by atoms with Crippen LogP contribution in [-0.4, -0.2) is 9.55 Å². The minimum absolute atomic E-state index is 0.984. The van der Waals surface area contributed by atoms with Gasteiger partial charge in [0.1, 0.15) is 0 Å². The fourth-order valence-electron chi connectivity index (χ4n) is 4.12. The van der Waals surface area contributed by atoms with Gasteiger partial charge < -0.3 is 9.55 Å². The zero-order valence-corrected chi connectivity index (χ0v) is 17.9. The summed E-state index contributed by atoms with van der Waals surface area (Å²) in [6.07, 6.45) is 0. The van der Waals surface area contributed by atoms with Gasteiger partial charge in [-0.2, -0.15) is 0 Å². The van der Waals surface area contributed by atoms with Gasteiger partial charge in [-0.05, 0) is 31.2 Å². The highest BCUT2D eigenvalue weighted by atomic mass is 15.0. The number of nitrogens with zero attached hydrogens (tertiary/aromatic N) is 1. The first-order valence-electron chi connectivity index (χ1n) is 10.8. The average molecular weight is 393 g/mol. The summed E-state index contributed by atoms with van der Waals surface area (Å²) >= 11 is 0. The molecule has 2 nitrogen and oxygen atoms in total. The highest BCUT2D eigenvalue weighted by Crippen LogP contribution is 2.34. The number of aryl methyl sites for hydroxylation is 1. The first-order valence-corrected chi connectivity index (χ1v) is 10.8. The summed E-state index contributed by atoms with van der Waals surface area (Å²) in [7, 11) is 0. The van der Waals surface area contributed by atoms with Crippen molar-refractivity contribution < 1.29 is 0 Å². The molecule has 0 radical (unpaired) electrons. The van der Waals surface area contributed by atoms with Crippen molar-refractivity contribution in [3.05, 3.63) is 97.1 Å². The van der Waals surface area contributed by atoms with E-state index in [9.17, 15) is 0 Å². The Bertz CT molecular complexity index is 1360. The standard InChI is InChI=1S/C20H16N2.C6H6.C2H6/c1-2-22-19-10-6-4-8-14(19)16-11-18-15(12-20(16)22)13-7-3-5-9-17(13)21-18;1-2-4-6-5-3-1;1-2/h3-12,21H,2H2,1H3;1-6H;1-2H3. The van der Waals surface area contributed by atoms with Crippen molar-refractivity contribution in [3.63, 3.8) is 0 Å². The molecule has 30 heavy (non-hydrogen) atoms. The third-order valence-corrected chi connectivity index (χ3v) is 5.38. The number of para-hydroxylation sites is 2. The van der Waals surface area contributed by atoms with Gasteiger partial charge in [0.05, 0.1) is 0 Å². The fourth-order valence-corrected chi connectivity index (χ4v) is 4.12. The van der Waals surface area contributed by atoms with Crippen LogP contribution in [0.25, 0.3) is 43.6 Å². The Morgan fingerprint density at radius 3 is 1.83 bits per heavy atom. The van der Waals surface area contributed by atoms with E-state index in [0.717, 1.165) is 6.54 Å². The normalized spacial score (nSPS) is 10.6. The Morgan fingerprint density at radius 2 is 1.17 bits per heavy atom. The molecule has 0 unspecified atom stereocenters. The van der Waals surface area contributed by atoms with Crippen LogP contribution in [0.1, 0.15) is 20.8 Å². The SMILES string of the molecule is CC.CCn1c2ccccc2c2cc3[nH]c4ccccc4c3cc21.c1ccccc1. The van der Waals surface area contributed by atoms with Crippen molar-refractivity contribution in [2.24, 2.45) is 0 Å². The molecule has 0 aliphatic heterocycles. The molecule has 0 saturated carbocycles. The lowest BCUT2D eigenvalue weighted by atomic mass is 10.1. The average Bonchev–Trinajstić information content (AvgIpc) is 3.35. The lowest BCUT2D eigenvalue weighted by Gasteiger charge is -2.02.